The van der Waals surface area contributed by atoms with Crippen LogP contribution in [-0.2, 0) is 6.54 Å². The Morgan fingerprint density at radius 1 is 1.38 bits per heavy atom. The highest BCUT2D eigenvalue weighted by Crippen LogP contribution is 2.24. The van der Waals surface area contributed by atoms with Crippen LogP contribution in [-0.4, -0.2) is 13.2 Å². The van der Waals surface area contributed by atoms with Gasteiger partial charge in [-0.05, 0) is 31.0 Å². The fourth-order valence-corrected chi connectivity index (χ4v) is 2.68. The van der Waals surface area contributed by atoms with Crippen molar-refractivity contribution in [1.29, 1.82) is 0 Å². The smallest absolute Gasteiger partial charge is 0.123 e. The summed E-state index contributed by atoms with van der Waals surface area (Å²) >= 11 is 3.50. The van der Waals surface area contributed by atoms with E-state index < -0.39 is 0 Å². The van der Waals surface area contributed by atoms with Crippen molar-refractivity contribution >= 4 is 15.9 Å². The lowest BCUT2D eigenvalue weighted by Crippen LogP contribution is -2.25. The standard InChI is InChI=1S/C13H18BrNO/c1-16-13-7-6-11(14)8-10(13)9-15-12-4-2-3-5-12/h6-8,12,15H,2-5,9H2,1H3. The predicted octanol–water partition coefficient (Wildman–Crippen LogP) is 3.49. The summed E-state index contributed by atoms with van der Waals surface area (Å²) in [7, 11) is 1.72. The van der Waals surface area contributed by atoms with E-state index in [9.17, 15) is 0 Å². The van der Waals surface area contributed by atoms with Gasteiger partial charge in [0.25, 0.3) is 0 Å². The summed E-state index contributed by atoms with van der Waals surface area (Å²) in [5.41, 5.74) is 1.23. The molecule has 0 bridgehead atoms. The molecule has 0 aliphatic heterocycles. The van der Waals surface area contributed by atoms with Gasteiger partial charge in [0, 0.05) is 22.6 Å². The van der Waals surface area contributed by atoms with E-state index in [-0.39, 0.29) is 0 Å². The van der Waals surface area contributed by atoms with E-state index in [1.165, 1.54) is 31.2 Å². The summed E-state index contributed by atoms with van der Waals surface area (Å²) in [6.45, 7) is 0.896. The number of ether oxygens (including phenoxy) is 1. The third-order valence-corrected chi connectivity index (χ3v) is 3.67. The molecule has 1 aliphatic carbocycles. The minimum Gasteiger partial charge on any atom is -0.496 e. The molecule has 0 radical (unpaired) electrons. The molecule has 1 aliphatic rings. The Morgan fingerprint density at radius 3 is 2.81 bits per heavy atom. The van der Waals surface area contributed by atoms with Crippen molar-refractivity contribution in [3.05, 3.63) is 28.2 Å². The summed E-state index contributed by atoms with van der Waals surface area (Å²) in [4.78, 5) is 0. The minimum atomic E-state index is 0.698. The van der Waals surface area contributed by atoms with Crippen LogP contribution in [0.15, 0.2) is 22.7 Å². The zero-order valence-electron chi connectivity index (χ0n) is 9.63. The average Bonchev–Trinajstić information content (AvgIpc) is 2.79. The Balaban J connectivity index is 1.98. The maximum absolute atomic E-state index is 5.35. The molecule has 88 valence electrons. The number of rotatable bonds is 4. The van der Waals surface area contributed by atoms with Gasteiger partial charge in [-0.2, -0.15) is 0 Å². The van der Waals surface area contributed by atoms with E-state index in [0.29, 0.717) is 6.04 Å². The highest BCUT2D eigenvalue weighted by Gasteiger charge is 2.14. The minimum absolute atomic E-state index is 0.698. The lowest BCUT2D eigenvalue weighted by molar-refractivity contribution is 0.405. The first-order valence-corrected chi connectivity index (χ1v) is 6.64. The molecule has 0 unspecified atom stereocenters. The molecule has 1 fully saturated rings. The Morgan fingerprint density at radius 2 is 2.12 bits per heavy atom. The van der Waals surface area contributed by atoms with Crippen LogP contribution in [0.25, 0.3) is 0 Å². The topological polar surface area (TPSA) is 21.3 Å². The highest BCUT2D eigenvalue weighted by molar-refractivity contribution is 9.10. The van der Waals surface area contributed by atoms with Gasteiger partial charge in [-0.3, -0.25) is 0 Å². The van der Waals surface area contributed by atoms with Crippen molar-refractivity contribution < 1.29 is 4.74 Å². The number of nitrogens with one attached hydrogen (secondary N) is 1. The predicted molar refractivity (Wildman–Crippen MR) is 69.8 cm³/mol. The van der Waals surface area contributed by atoms with E-state index in [0.717, 1.165) is 16.8 Å². The van der Waals surface area contributed by atoms with Gasteiger partial charge >= 0.3 is 0 Å². The van der Waals surface area contributed by atoms with Gasteiger partial charge in [0.05, 0.1) is 7.11 Å². The Kier molecular flexibility index (Phi) is 4.24. The second-order valence-corrected chi connectivity index (χ2v) is 5.23. The number of methoxy groups -OCH3 is 1. The van der Waals surface area contributed by atoms with Crippen LogP contribution in [0, 0.1) is 0 Å². The highest BCUT2D eigenvalue weighted by atomic mass is 79.9. The molecule has 0 heterocycles. The van der Waals surface area contributed by atoms with Crippen LogP contribution < -0.4 is 10.1 Å². The van der Waals surface area contributed by atoms with E-state index in [1.807, 2.05) is 12.1 Å². The Labute approximate surface area is 106 Å². The number of benzene rings is 1. The molecule has 1 aromatic rings. The fraction of sp³-hybridized carbons (Fsp3) is 0.538. The van der Waals surface area contributed by atoms with Gasteiger partial charge in [0.2, 0.25) is 0 Å². The SMILES string of the molecule is COc1ccc(Br)cc1CNC1CCCC1. The molecule has 2 rings (SSSR count). The first kappa shape index (κ1) is 11.9. The monoisotopic (exact) mass is 283 g/mol. The summed E-state index contributed by atoms with van der Waals surface area (Å²) in [6, 6.07) is 6.85. The van der Waals surface area contributed by atoms with Crippen LogP contribution in [0.5, 0.6) is 5.75 Å². The fourth-order valence-electron chi connectivity index (χ4n) is 2.27. The molecule has 1 N–H and O–H groups in total. The molecule has 0 aromatic heterocycles. The number of hydrogen-bond donors (Lipinski definition) is 1. The molecular weight excluding hydrogens is 266 g/mol. The summed E-state index contributed by atoms with van der Waals surface area (Å²) < 4.78 is 6.46. The van der Waals surface area contributed by atoms with Gasteiger partial charge in [0.1, 0.15) is 5.75 Å². The zero-order valence-corrected chi connectivity index (χ0v) is 11.2. The molecule has 0 saturated heterocycles. The molecule has 2 nitrogen and oxygen atoms in total. The first-order valence-electron chi connectivity index (χ1n) is 5.85. The zero-order chi connectivity index (χ0) is 11.4. The molecule has 1 saturated carbocycles. The van der Waals surface area contributed by atoms with Crippen LogP contribution in [0.3, 0.4) is 0 Å². The third kappa shape index (κ3) is 2.98. The summed E-state index contributed by atoms with van der Waals surface area (Å²) in [5, 5.41) is 3.60. The maximum Gasteiger partial charge on any atom is 0.123 e. The van der Waals surface area contributed by atoms with Gasteiger partial charge < -0.3 is 10.1 Å². The molecule has 16 heavy (non-hydrogen) atoms. The van der Waals surface area contributed by atoms with Crippen LogP contribution in [0.2, 0.25) is 0 Å². The first-order chi connectivity index (χ1) is 7.79. The molecule has 0 atom stereocenters. The number of hydrogen-bond acceptors (Lipinski definition) is 2. The van der Waals surface area contributed by atoms with Gasteiger partial charge in [-0.25, -0.2) is 0 Å². The van der Waals surface area contributed by atoms with Crippen LogP contribution >= 0.6 is 15.9 Å². The van der Waals surface area contributed by atoms with Crippen LogP contribution in [0.1, 0.15) is 31.2 Å². The van der Waals surface area contributed by atoms with Crippen molar-refractivity contribution in [3.8, 4) is 5.75 Å². The lowest BCUT2D eigenvalue weighted by atomic mass is 10.1. The van der Waals surface area contributed by atoms with Crippen molar-refractivity contribution in [1.82, 2.24) is 5.32 Å². The normalized spacial score (nSPS) is 16.6. The van der Waals surface area contributed by atoms with Crippen molar-refractivity contribution in [2.24, 2.45) is 0 Å². The van der Waals surface area contributed by atoms with Gasteiger partial charge in [0.15, 0.2) is 0 Å². The molecule has 3 heteroatoms. The van der Waals surface area contributed by atoms with E-state index in [2.05, 4.69) is 27.3 Å². The van der Waals surface area contributed by atoms with Gasteiger partial charge in [-0.15, -0.1) is 0 Å². The summed E-state index contributed by atoms with van der Waals surface area (Å²) in [5.74, 6) is 0.966. The lowest BCUT2D eigenvalue weighted by Gasteiger charge is -2.14. The molecule has 1 aromatic carbocycles. The van der Waals surface area contributed by atoms with E-state index in [1.54, 1.807) is 7.11 Å². The van der Waals surface area contributed by atoms with Crippen LogP contribution in [0.4, 0.5) is 0 Å². The second-order valence-electron chi connectivity index (χ2n) is 4.32. The molecule has 0 amide bonds. The van der Waals surface area contributed by atoms with E-state index >= 15 is 0 Å². The van der Waals surface area contributed by atoms with Crippen molar-refractivity contribution in [3.63, 3.8) is 0 Å². The van der Waals surface area contributed by atoms with E-state index in [4.69, 9.17) is 4.74 Å². The quantitative estimate of drug-likeness (QED) is 0.913. The third-order valence-electron chi connectivity index (χ3n) is 3.18. The number of halogens is 1. The van der Waals surface area contributed by atoms with Crippen molar-refractivity contribution in [2.75, 3.05) is 7.11 Å². The maximum atomic E-state index is 5.35. The summed E-state index contributed by atoms with van der Waals surface area (Å²) in [6.07, 6.45) is 5.37. The Bertz CT molecular complexity index is 348. The molecular formula is C13H18BrNO. The average molecular weight is 284 g/mol. The van der Waals surface area contributed by atoms with Gasteiger partial charge in [-0.1, -0.05) is 28.8 Å². The Hall–Kier alpha value is -0.540. The molecule has 0 spiro atoms. The second kappa shape index (κ2) is 5.69. The largest absolute Gasteiger partial charge is 0.496 e. The van der Waals surface area contributed by atoms with Crippen molar-refractivity contribution in [2.45, 2.75) is 38.3 Å².